The van der Waals surface area contributed by atoms with Gasteiger partial charge in [0.1, 0.15) is 0 Å². The number of rotatable bonds is 11. The quantitative estimate of drug-likeness (QED) is 0.242. The molecule has 0 bridgehead atoms. The van der Waals surface area contributed by atoms with E-state index in [0.717, 1.165) is 141 Å². The maximum atomic E-state index is 4.64. The summed E-state index contributed by atoms with van der Waals surface area (Å²) in [5, 5.41) is 0. The Bertz CT molecular complexity index is 1210. The van der Waals surface area contributed by atoms with Crippen LogP contribution in [-0.2, 0) is 26.2 Å². The number of hydrogen-bond acceptors (Lipinski definition) is 10. The van der Waals surface area contributed by atoms with Gasteiger partial charge in [0.05, 0.1) is 22.8 Å². The molecule has 2 aliphatic rings. The fourth-order valence-corrected chi connectivity index (χ4v) is 6.61. The molecule has 2 saturated heterocycles. The van der Waals surface area contributed by atoms with E-state index in [4.69, 9.17) is 0 Å². The zero-order valence-electron chi connectivity index (χ0n) is 28.4. The Morgan fingerprint density at radius 1 is 0.312 bits per heavy atom. The predicted molar refractivity (Wildman–Crippen MR) is 191 cm³/mol. The van der Waals surface area contributed by atoms with Gasteiger partial charge < -0.3 is 0 Å². The lowest BCUT2D eigenvalue weighted by atomic mass is 10.3. The molecule has 10 heteroatoms. The van der Waals surface area contributed by atoms with E-state index in [1.807, 2.05) is 49.1 Å². The van der Waals surface area contributed by atoms with Crippen molar-refractivity contribution >= 4 is 0 Å². The molecular weight excluding hydrogens is 596 g/mol. The smallest absolute Gasteiger partial charge is 0.0543 e. The van der Waals surface area contributed by atoms with Gasteiger partial charge in [-0.25, -0.2) is 0 Å². The minimum Gasteiger partial charge on any atom is -0.300 e. The lowest BCUT2D eigenvalue weighted by Crippen LogP contribution is -2.43. The van der Waals surface area contributed by atoms with Gasteiger partial charge in [-0.15, -0.1) is 0 Å². The Kier molecular flexibility index (Phi) is 13.4. The minimum absolute atomic E-state index is 0.885. The second-order valence-electron chi connectivity index (χ2n) is 13.1. The van der Waals surface area contributed by atoms with Crippen LogP contribution in [0.5, 0.6) is 0 Å². The molecule has 0 N–H and O–H groups in total. The van der Waals surface area contributed by atoms with Crippen LogP contribution >= 0.6 is 0 Å². The van der Waals surface area contributed by atoms with Crippen LogP contribution in [0.1, 0.15) is 22.8 Å². The van der Waals surface area contributed by atoms with E-state index in [2.05, 4.69) is 97.9 Å². The third-order valence-corrected chi connectivity index (χ3v) is 9.57. The molecule has 254 valence electrons. The van der Waals surface area contributed by atoms with Crippen LogP contribution in [0.2, 0.25) is 0 Å². The van der Waals surface area contributed by atoms with Crippen LogP contribution in [0, 0.1) is 0 Å². The molecule has 4 aromatic rings. The van der Waals surface area contributed by atoms with Gasteiger partial charge in [-0.2, -0.15) is 0 Å². The molecule has 48 heavy (non-hydrogen) atoms. The van der Waals surface area contributed by atoms with Crippen molar-refractivity contribution in [3.8, 4) is 0 Å². The molecule has 0 radical (unpaired) electrons. The molecule has 0 amide bonds. The van der Waals surface area contributed by atoms with Gasteiger partial charge in [0.25, 0.3) is 0 Å². The van der Waals surface area contributed by atoms with Gasteiger partial charge in [-0.3, -0.25) is 49.3 Å². The average Bonchev–Trinajstić information content (AvgIpc) is 3.28. The first-order valence-corrected chi connectivity index (χ1v) is 17.7. The van der Waals surface area contributed by atoms with E-state index in [-0.39, 0.29) is 0 Å². The Morgan fingerprint density at radius 2 is 0.542 bits per heavy atom. The van der Waals surface area contributed by atoms with Crippen LogP contribution < -0.4 is 0 Å². The van der Waals surface area contributed by atoms with E-state index >= 15 is 0 Å². The molecule has 0 aromatic carbocycles. The third kappa shape index (κ3) is 11.5. The fraction of sp³-hybridized carbons (Fsp3) is 0.474. The van der Waals surface area contributed by atoms with Crippen molar-refractivity contribution < 1.29 is 0 Å². The van der Waals surface area contributed by atoms with Gasteiger partial charge in [0.2, 0.25) is 0 Å². The standard InChI is InChI=1S/C38H52N10/c1-5-13-39-35(9-1)31-45-23-19-43(20-24-46(28-27-45)32-36-10-2-6-14-40-36)17-18-44-21-25-47(33-37-11-3-7-15-41-37)29-30-48(26-22-44)34-38-12-4-8-16-42-38/h1-16H,17-34H2. The van der Waals surface area contributed by atoms with E-state index in [0.29, 0.717) is 0 Å². The molecule has 2 fully saturated rings. The molecule has 10 nitrogen and oxygen atoms in total. The molecule has 0 spiro atoms. The molecule has 6 heterocycles. The summed E-state index contributed by atoms with van der Waals surface area (Å²) in [7, 11) is 0. The summed E-state index contributed by atoms with van der Waals surface area (Å²) in [6.07, 6.45) is 7.63. The Hall–Kier alpha value is -3.64. The first-order valence-electron chi connectivity index (χ1n) is 17.7. The van der Waals surface area contributed by atoms with Gasteiger partial charge >= 0.3 is 0 Å². The summed E-state index contributed by atoms with van der Waals surface area (Å²) >= 11 is 0. The maximum Gasteiger partial charge on any atom is 0.0543 e. The second-order valence-corrected chi connectivity index (χ2v) is 13.1. The van der Waals surface area contributed by atoms with Crippen molar-refractivity contribution in [3.63, 3.8) is 0 Å². The monoisotopic (exact) mass is 648 g/mol. The third-order valence-electron chi connectivity index (χ3n) is 9.57. The van der Waals surface area contributed by atoms with Crippen molar-refractivity contribution in [2.24, 2.45) is 0 Å². The largest absolute Gasteiger partial charge is 0.300 e. The zero-order valence-corrected chi connectivity index (χ0v) is 28.4. The van der Waals surface area contributed by atoms with Gasteiger partial charge in [-0.05, 0) is 48.5 Å². The highest BCUT2D eigenvalue weighted by atomic mass is 15.3. The predicted octanol–water partition coefficient (Wildman–Crippen LogP) is 3.21. The second kappa shape index (κ2) is 18.8. The summed E-state index contributed by atoms with van der Waals surface area (Å²) < 4.78 is 0. The lowest BCUT2D eigenvalue weighted by molar-refractivity contribution is 0.163. The highest BCUT2D eigenvalue weighted by Gasteiger charge is 2.21. The molecule has 0 saturated carbocycles. The van der Waals surface area contributed by atoms with Crippen LogP contribution in [0.4, 0.5) is 0 Å². The van der Waals surface area contributed by atoms with Crippen molar-refractivity contribution in [1.29, 1.82) is 0 Å². The SMILES string of the molecule is c1ccc(CN2CCN(CCN3CCN(Cc4ccccn4)CCN(Cc4ccccn4)CC3)CCN(Cc3ccccn3)CC2)nc1. The average molecular weight is 649 g/mol. The van der Waals surface area contributed by atoms with E-state index in [1.54, 1.807) is 0 Å². The van der Waals surface area contributed by atoms with Crippen LogP contribution in [0.3, 0.4) is 0 Å². The molecular formula is C38H52N10. The van der Waals surface area contributed by atoms with Crippen molar-refractivity contribution in [2.75, 3.05) is 91.6 Å². The maximum absolute atomic E-state index is 4.64. The highest BCUT2D eigenvalue weighted by molar-refractivity contribution is 5.06. The zero-order chi connectivity index (χ0) is 32.6. The number of nitrogens with zero attached hydrogens (tertiary/aromatic N) is 10. The summed E-state index contributed by atoms with van der Waals surface area (Å²) in [5.74, 6) is 0. The van der Waals surface area contributed by atoms with Gasteiger partial charge in [0, 0.05) is 143 Å². The summed E-state index contributed by atoms with van der Waals surface area (Å²) in [6, 6.07) is 25.0. The first-order chi connectivity index (χ1) is 23.7. The Balaban J connectivity index is 1.10. The van der Waals surface area contributed by atoms with Gasteiger partial charge in [-0.1, -0.05) is 24.3 Å². The normalized spacial score (nSPS) is 19.1. The Labute approximate surface area is 287 Å². The van der Waals surface area contributed by atoms with Crippen molar-refractivity contribution in [1.82, 2.24) is 49.3 Å². The van der Waals surface area contributed by atoms with Crippen molar-refractivity contribution in [3.05, 3.63) is 120 Å². The molecule has 0 atom stereocenters. The number of aromatic nitrogens is 4. The van der Waals surface area contributed by atoms with E-state index in [9.17, 15) is 0 Å². The number of pyridine rings is 4. The topological polar surface area (TPSA) is 71.0 Å². The summed E-state index contributed by atoms with van der Waals surface area (Å²) in [5.41, 5.74) is 4.56. The van der Waals surface area contributed by atoms with Crippen LogP contribution in [0.15, 0.2) is 97.6 Å². The fourth-order valence-electron chi connectivity index (χ4n) is 6.61. The first kappa shape index (κ1) is 34.2. The van der Waals surface area contributed by atoms with Crippen molar-refractivity contribution in [2.45, 2.75) is 26.2 Å². The molecule has 2 aliphatic heterocycles. The molecule has 6 rings (SSSR count). The summed E-state index contributed by atoms with van der Waals surface area (Å²) in [6.45, 7) is 18.2. The van der Waals surface area contributed by atoms with E-state index < -0.39 is 0 Å². The summed E-state index contributed by atoms with van der Waals surface area (Å²) in [4.78, 5) is 34.3. The lowest BCUT2D eigenvalue weighted by Gasteiger charge is -2.30. The van der Waals surface area contributed by atoms with Crippen LogP contribution in [0.25, 0.3) is 0 Å². The molecule has 0 aliphatic carbocycles. The number of hydrogen-bond donors (Lipinski definition) is 0. The highest BCUT2D eigenvalue weighted by Crippen LogP contribution is 2.11. The Morgan fingerprint density at radius 3 is 0.750 bits per heavy atom. The molecule has 4 aromatic heterocycles. The van der Waals surface area contributed by atoms with Gasteiger partial charge in [0.15, 0.2) is 0 Å². The van der Waals surface area contributed by atoms with E-state index in [1.165, 1.54) is 0 Å². The minimum atomic E-state index is 0.885. The molecule has 0 unspecified atom stereocenters. The van der Waals surface area contributed by atoms with Crippen LogP contribution in [-0.4, -0.2) is 141 Å².